The van der Waals surface area contributed by atoms with Gasteiger partial charge in [-0.1, -0.05) is 30.3 Å². The minimum atomic E-state index is -0.783. The second-order valence-corrected chi connectivity index (χ2v) is 5.47. The van der Waals surface area contributed by atoms with Crippen molar-refractivity contribution in [2.24, 2.45) is 0 Å². The summed E-state index contributed by atoms with van der Waals surface area (Å²) >= 11 is 0. The number of allylic oxidation sites excluding steroid dienone is 1. The number of hydrogen-bond donors (Lipinski definition) is 1. The molecule has 1 aromatic rings. The van der Waals surface area contributed by atoms with Crippen LogP contribution in [0.1, 0.15) is 12.0 Å². The lowest BCUT2D eigenvalue weighted by atomic mass is 10.1. The fraction of sp³-hybridized carbons (Fsp3) is 0.333. The molecule has 0 unspecified atom stereocenters. The molecule has 1 amide bonds. The number of piperazine rings is 1. The minimum absolute atomic E-state index is 0.114. The molecule has 0 saturated carbocycles. The van der Waals surface area contributed by atoms with Crippen LogP contribution in [0.5, 0.6) is 0 Å². The van der Waals surface area contributed by atoms with E-state index in [0.29, 0.717) is 19.5 Å². The highest BCUT2D eigenvalue weighted by molar-refractivity contribution is 5.87. The minimum Gasteiger partial charge on any atom is -0.465 e. The normalized spacial score (nSPS) is 16.2. The van der Waals surface area contributed by atoms with Crippen molar-refractivity contribution in [1.82, 2.24) is 10.2 Å². The number of hydrogen-bond acceptors (Lipinski definition) is 6. The van der Waals surface area contributed by atoms with E-state index in [4.69, 9.17) is 15.3 Å². The van der Waals surface area contributed by atoms with E-state index in [2.05, 4.69) is 5.32 Å². The van der Waals surface area contributed by atoms with E-state index in [1.165, 1.54) is 6.20 Å². The van der Waals surface area contributed by atoms with Crippen molar-refractivity contribution in [3.63, 3.8) is 0 Å². The van der Waals surface area contributed by atoms with Gasteiger partial charge in [-0.15, -0.1) is 0 Å². The zero-order valence-corrected chi connectivity index (χ0v) is 13.6. The summed E-state index contributed by atoms with van der Waals surface area (Å²) in [5.41, 5.74) is 0.945. The van der Waals surface area contributed by atoms with E-state index < -0.39 is 12.0 Å². The van der Waals surface area contributed by atoms with Crippen molar-refractivity contribution in [2.45, 2.75) is 18.9 Å². The maximum atomic E-state index is 12.0. The fourth-order valence-electron chi connectivity index (χ4n) is 2.49. The summed E-state index contributed by atoms with van der Waals surface area (Å²) < 4.78 is 5.21. The summed E-state index contributed by atoms with van der Waals surface area (Å²) in [6.07, 6.45) is 1.78. The Bertz CT molecular complexity index is 715. The van der Waals surface area contributed by atoms with Crippen LogP contribution in [-0.2, 0) is 20.7 Å². The molecule has 1 aliphatic heterocycles. The number of nitriles is 2. The van der Waals surface area contributed by atoms with Gasteiger partial charge in [0.2, 0.25) is 5.91 Å². The monoisotopic (exact) mass is 338 g/mol. The van der Waals surface area contributed by atoms with Crippen molar-refractivity contribution >= 4 is 11.9 Å². The number of benzene rings is 1. The molecular formula is C18H18N4O3. The van der Waals surface area contributed by atoms with Gasteiger partial charge in [-0.2, -0.15) is 10.5 Å². The van der Waals surface area contributed by atoms with Crippen LogP contribution in [-0.4, -0.2) is 42.5 Å². The molecule has 25 heavy (non-hydrogen) atoms. The number of amides is 1. The number of rotatable bonds is 6. The van der Waals surface area contributed by atoms with E-state index in [1.807, 2.05) is 30.3 Å². The molecule has 2 rings (SSSR count). The average molecular weight is 338 g/mol. The zero-order chi connectivity index (χ0) is 18.1. The SMILES string of the molecule is N#CC(C#N)=CN1CCNC(=O)[C@H]1CC(=O)OCCc1ccccc1. The Morgan fingerprint density at radius 1 is 1.32 bits per heavy atom. The van der Waals surface area contributed by atoms with Crippen molar-refractivity contribution in [1.29, 1.82) is 10.5 Å². The molecule has 1 aliphatic rings. The third-order valence-corrected chi connectivity index (χ3v) is 3.76. The number of ether oxygens (including phenoxy) is 1. The second kappa shape index (κ2) is 9.09. The summed E-state index contributed by atoms with van der Waals surface area (Å²) in [6.45, 7) is 1.04. The number of esters is 1. The van der Waals surface area contributed by atoms with E-state index >= 15 is 0 Å². The van der Waals surface area contributed by atoms with Crippen molar-refractivity contribution in [3.05, 3.63) is 47.7 Å². The highest BCUT2D eigenvalue weighted by Crippen LogP contribution is 2.12. The third-order valence-electron chi connectivity index (χ3n) is 3.76. The standard InChI is InChI=1S/C18H18N4O3/c19-11-15(12-20)13-22-8-7-21-18(24)16(22)10-17(23)25-9-6-14-4-2-1-3-5-14/h1-5,13,16H,6-10H2,(H,21,24)/t16-/m1/s1. The van der Waals surface area contributed by atoms with Gasteiger partial charge in [-0.05, 0) is 5.56 Å². The molecule has 1 aromatic carbocycles. The maximum absolute atomic E-state index is 12.0. The highest BCUT2D eigenvalue weighted by atomic mass is 16.5. The molecule has 0 aromatic heterocycles. The van der Waals surface area contributed by atoms with Crippen LogP contribution in [0.15, 0.2) is 42.1 Å². The van der Waals surface area contributed by atoms with Gasteiger partial charge in [0.05, 0.1) is 13.0 Å². The molecule has 0 radical (unpaired) electrons. The van der Waals surface area contributed by atoms with Crippen LogP contribution in [0, 0.1) is 22.7 Å². The third kappa shape index (κ3) is 5.36. The molecule has 128 valence electrons. The lowest BCUT2D eigenvalue weighted by Crippen LogP contribution is -2.54. The van der Waals surface area contributed by atoms with E-state index in [-0.39, 0.29) is 24.5 Å². The van der Waals surface area contributed by atoms with Crippen LogP contribution in [0.2, 0.25) is 0 Å². The summed E-state index contributed by atoms with van der Waals surface area (Å²) in [5.74, 6) is -0.815. The quantitative estimate of drug-likeness (QED) is 0.610. The lowest BCUT2D eigenvalue weighted by Gasteiger charge is -2.33. The first-order chi connectivity index (χ1) is 12.1. The smallest absolute Gasteiger partial charge is 0.308 e. The Morgan fingerprint density at radius 3 is 2.72 bits per heavy atom. The predicted octanol–water partition coefficient (Wildman–Crippen LogP) is 0.894. The molecule has 0 spiro atoms. The van der Waals surface area contributed by atoms with Gasteiger partial charge >= 0.3 is 5.97 Å². The highest BCUT2D eigenvalue weighted by Gasteiger charge is 2.30. The predicted molar refractivity (Wildman–Crippen MR) is 88.5 cm³/mol. The summed E-state index contributed by atoms with van der Waals surface area (Å²) in [4.78, 5) is 25.6. The molecule has 1 N–H and O–H groups in total. The van der Waals surface area contributed by atoms with Crippen molar-refractivity contribution in [2.75, 3.05) is 19.7 Å². The van der Waals surface area contributed by atoms with Gasteiger partial charge in [0.25, 0.3) is 0 Å². The first-order valence-corrected chi connectivity index (χ1v) is 7.89. The topological polar surface area (TPSA) is 106 Å². The van der Waals surface area contributed by atoms with E-state index in [0.717, 1.165) is 5.56 Å². The molecule has 1 fully saturated rings. The summed E-state index contributed by atoms with van der Waals surface area (Å²) in [7, 11) is 0. The van der Waals surface area contributed by atoms with Crippen molar-refractivity contribution in [3.8, 4) is 12.1 Å². The van der Waals surface area contributed by atoms with Gasteiger partial charge in [-0.25, -0.2) is 0 Å². The number of carbonyl (C=O) groups is 2. The molecule has 1 atom stereocenters. The van der Waals surface area contributed by atoms with E-state index in [1.54, 1.807) is 17.0 Å². The Hall–Kier alpha value is -3.32. The van der Waals surface area contributed by atoms with Crippen LogP contribution < -0.4 is 5.32 Å². The zero-order valence-electron chi connectivity index (χ0n) is 13.6. The van der Waals surface area contributed by atoms with Gasteiger partial charge in [0, 0.05) is 25.7 Å². The largest absolute Gasteiger partial charge is 0.465 e. The van der Waals surface area contributed by atoms with Gasteiger partial charge in [-0.3, -0.25) is 9.59 Å². The van der Waals surface area contributed by atoms with Crippen LogP contribution >= 0.6 is 0 Å². The Morgan fingerprint density at radius 2 is 2.04 bits per heavy atom. The first kappa shape index (κ1) is 18.0. The van der Waals surface area contributed by atoms with Gasteiger partial charge < -0.3 is 15.0 Å². The van der Waals surface area contributed by atoms with Crippen molar-refractivity contribution < 1.29 is 14.3 Å². The summed E-state index contributed by atoms with van der Waals surface area (Å²) in [6, 6.07) is 12.3. The van der Waals surface area contributed by atoms with Gasteiger partial charge in [0.15, 0.2) is 0 Å². The van der Waals surface area contributed by atoms with E-state index in [9.17, 15) is 9.59 Å². The molecule has 0 bridgehead atoms. The number of nitrogens with one attached hydrogen (secondary N) is 1. The molecular weight excluding hydrogens is 320 g/mol. The van der Waals surface area contributed by atoms with Crippen LogP contribution in [0.25, 0.3) is 0 Å². The van der Waals surface area contributed by atoms with Crippen LogP contribution in [0.4, 0.5) is 0 Å². The second-order valence-electron chi connectivity index (χ2n) is 5.47. The Labute approximate surface area is 146 Å². The Balaban J connectivity index is 1.92. The first-order valence-electron chi connectivity index (χ1n) is 7.89. The molecule has 1 heterocycles. The lowest BCUT2D eigenvalue weighted by molar-refractivity contribution is -0.147. The maximum Gasteiger partial charge on any atom is 0.308 e. The number of nitrogens with zero attached hydrogens (tertiary/aromatic N) is 3. The molecule has 1 saturated heterocycles. The number of carbonyl (C=O) groups excluding carboxylic acids is 2. The fourth-order valence-corrected chi connectivity index (χ4v) is 2.49. The van der Waals surface area contributed by atoms with Gasteiger partial charge in [0.1, 0.15) is 23.8 Å². The average Bonchev–Trinajstić information content (AvgIpc) is 2.63. The molecule has 7 heteroatoms. The summed E-state index contributed by atoms with van der Waals surface area (Å²) in [5, 5.41) is 20.4. The molecule has 0 aliphatic carbocycles. The van der Waals surface area contributed by atoms with Crippen LogP contribution in [0.3, 0.4) is 0 Å². The molecule has 7 nitrogen and oxygen atoms in total. The Kier molecular flexibility index (Phi) is 6.56.